The van der Waals surface area contributed by atoms with Crippen molar-refractivity contribution in [3.05, 3.63) is 6.07 Å². The van der Waals surface area contributed by atoms with Gasteiger partial charge < -0.3 is 15.7 Å². The summed E-state index contributed by atoms with van der Waals surface area (Å²) < 4.78 is 0. The van der Waals surface area contributed by atoms with Gasteiger partial charge in [-0.15, -0.1) is 0 Å². The fourth-order valence-electron chi connectivity index (χ4n) is 2.29. The second-order valence-corrected chi connectivity index (χ2v) is 5.48. The second kappa shape index (κ2) is 5.75. The monoisotopic (exact) mass is 268 g/mol. The molecular weight excluding hydrogens is 248 g/mol. The molecule has 6 heteroatoms. The van der Waals surface area contributed by atoms with Crippen molar-refractivity contribution >= 4 is 23.4 Å². The van der Waals surface area contributed by atoms with Crippen LogP contribution in [0.2, 0.25) is 0 Å². The minimum Gasteiger partial charge on any atom is -0.393 e. The molecule has 1 atom stereocenters. The van der Waals surface area contributed by atoms with Gasteiger partial charge in [-0.25, -0.2) is 9.97 Å². The molecule has 1 aliphatic heterocycles. The average molecular weight is 268 g/mol. The Morgan fingerprint density at radius 2 is 2.11 bits per heavy atom. The van der Waals surface area contributed by atoms with Crippen molar-refractivity contribution in [3.63, 3.8) is 0 Å². The molecule has 0 aromatic carbocycles. The Labute approximate surface area is 112 Å². The second-order valence-electron chi connectivity index (χ2n) is 4.70. The molecule has 18 heavy (non-hydrogen) atoms. The van der Waals surface area contributed by atoms with E-state index in [1.807, 2.05) is 19.2 Å². The van der Waals surface area contributed by atoms with Crippen molar-refractivity contribution in [3.8, 4) is 0 Å². The van der Waals surface area contributed by atoms with Crippen molar-refractivity contribution in [1.29, 1.82) is 0 Å². The van der Waals surface area contributed by atoms with E-state index in [1.165, 1.54) is 11.8 Å². The first-order valence-electron chi connectivity index (χ1n) is 6.21. The molecule has 0 spiro atoms. The Hall–Kier alpha value is -1.01. The summed E-state index contributed by atoms with van der Waals surface area (Å²) in [6.07, 6.45) is 3.72. The van der Waals surface area contributed by atoms with E-state index in [0.717, 1.165) is 31.7 Å². The molecule has 1 aromatic rings. The molecule has 0 bridgehead atoms. The third-order valence-electron chi connectivity index (χ3n) is 3.44. The number of aliphatic hydroxyl groups excluding tert-OH is 1. The Kier molecular flexibility index (Phi) is 4.29. The van der Waals surface area contributed by atoms with Crippen LogP contribution in [0.1, 0.15) is 19.8 Å². The Balaban J connectivity index is 2.07. The third kappa shape index (κ3) is 3.05. The number of nitrogens with two attached hydrogens (primary N) is 1. The van der Waals surface area contributed by atoms with Gasteiger partial charge in [0.05, 0.1) is 6.10 Å². The van der Waals surface area contributed by atoms with Crippen LogP contribution in [0.5, 0.6) is 0 Å². The molecule has 0 amide bonds. The highest BCUT2D eigenvalue weighted by Gasteiger charge is 2.23. The van der Waals surface area contributed by atoms with Crippen LogP contribution in [0.25, 0.3) is 0 Å². The lowest BCUT2D eigenvalue weighted by Crippen LogP contribution is -2.37. The third-order valence-corrected chi connectivity index (χ3v) is 3.99. The number of hydrogen-bond acceptors (Lipinski definition) is 6. The van der Waals surface area contributed by atoms with Crippen LogP contribution < -0.4 is 10.6 Å². The van der Waals surface area contributed by atoms with E-state index in [4.69, 9.17) is 5.73 Å². The predicted octanol–water partition coefficient (Wildman–Crippen LogP) is 1.38. The van der Waals surface area contributed by atoms with Crippen LogP contribution in [0.4, 0.5) is 11.6 Å². The first-order valence-corrected chi connectivity index (χ1v) is 7.44. The number of aromatic nitrogens is 2. The van der Waals surface area contributed by atoms with E-state index >= 15 is 0 Å². The molecule has 3 N–H and O–H groups in total. The van der Waals surface area contributed by atoms with Crippen LogP contribution in [0.3, 0.4) is 0 Å². The molecule has 0 saturated carbocycles. The van der Waals surface area contributed by atoms with Gasteiger partial charge in [-0.2, -0.15) is 0 Å². The van der Waals surface area contributed by atoms with E-state index < -0.39 is 0 Å². The van der Waals surface area contributed by atoms with Crippen molar-refractivity contribution in [1.82, 2.24) is 9.97 Å². The van der Waals surface area contributed by atoms with Crippen molar-refractivity contribution in [2.75, 3.05) is 30.0 Å². The summed E-state index contributed by atoms with van der Waals surface area (Å²) in [6, 6.07) is 1.82. The minimum absolute atomic E-state index is 0.218. The Bertz CT molecular complexity index is 405. The number of hydrogen-bond donors (Lipinski definition) is 2. The van der Waals surface area contributed by atoms with Crippen LogP contribution in [0, 0.1) is 5.92 Å². The smallest absolute Gasteiger partial charge is 0.191 e. The van der Waals surface area contributed by atoms with Gasteiger partial charge in [0.15, 0.2) is 5.16 Å². The quantitative estimate of drug-likeness (QED) is 0.637. The summed E-state index contributed by atoms with van der Waals surface area (Å²) in [6.45, 7) is 3.70. The van der Waals surface area contributed by atoms with E-state index in [-0.39, 0.29) is 6.10 Å². The summed E-state index contributed by atoms with van der Waals surface area (Å²) in [5.74, 6) is 1.82. The van der Waals surface area contributed by atoms with Gasteiger partial charge in [0.1, 0.15) is 11.6 Å². The van der Waals surface area contributed by atoms with Crippen LogP contribution in [-0.4, -0.2) is 40.5 Å². The number of piperidine rings is 1. The van der Waals surface area contributed by atoms with Crippen molar-refractivity contribution < 1.29 is 5.11 Å². The zero-order valence-electron chi connectivity index (χ0n) is 10.8. The van der Waals surface area contributed by atoms with Gasteiger partial charge in [0, 0.05) is 19.2 Å². The minimum atomic E-state index is -0.218. The standard InChI is InChI=1S/C12H20N4OS/c1-8(17)9-3-5-16(6-4-9)11-7-10(13)14-12(15-11)18-2/h7-9,17H,3-6H2,1-2H3,(H2,13,14,15). The van der Waals surface area contributed by atoms with Gasteiger partial charge in [-0.1, -0.05) is 11.8 Å². The lowest BCUT2D eigenvalue weighted by atomic mass is 9.92. The van der Waals surface area contributed by atoms with E-state index in [0.29, 0.717) is 16.9 Å². The topological polar surface area (TPSA) is 75.3 Å². The largest absolute Gasteiger partial charge is 0.393 e. The SMILES string of the molecule is CSc1nc(N)cc(N2CCC(C(C)O)CC2)n1. The van der Waals surface area contributed by atoms with Gasteiger partial charge in [0.25, 0.3) is 0 Å². The molecular formula is C12H20N4OS. The molecule has 2 rings (SSSR count). The fraction of sp³-hybridized carbons (Fsp3) is 0.667. The first-order chi connectivity index (χ1) is 8.60. The van der Waals surface area contributed by atoms with Crippen LogP contribution in [-0.2, 0) is 0 Å². The number of nitrogens with zero attached hydrogens (tertiary/aromatic N) is 3. The molecule has 100 valence electrons. The average Bonchev–Trinajstić information content (AvgIpc) is 2.38. The predicted molar refractivity (Wildman–Crippen MR) is 74.8 cm³/mol. The summed E-state index contributed by atoms with van der Waals surface area (Å²) in [4.78, 5) is 10.9. The number of anilines is 2. The zero-order chi connectivity index (χ0) is 13.1. The molecule has 1 unspecified atom stereocenters. The fourth-order valence-corrected chi connectivity index (χ4v) is 2.68. The summed E-state index contributed by atoms with van der Waals surface area (Å²) >= 11 is 1.50. The first kappa shape index (κ1) is 13.4. The summed E-state index contributed by atoms with van der Waals surface area (Å²) in [7, 11) is 0. The van der Waals surface area contributed by atoms with Gasteiger partial charge >= 0.3 is 0 Å². The normalized spacial score (nSPS) is 18.9. The Morgan fingerprint density at radius 1 is 1.44 bits per heavy atom. The van der Waals surface area contributed by atoms with Crippen LogP contribution in [0.15, 0.2) is 11.2 Å². The molecule has 5 nitrogen and oxygen atoms in total. The Morgan fingerprint density at radius 3 is 2.67 bits per heavy atom. The molecule has 1 aromatic heterocycles. The highest BCUT2D eigenvalue weighted by molar-refractivity contribution is 7.98. The van der Waals surface area contributed by atoms with E-state index in [1.54, 1.807) is 0 Å². The van der Waals surface area contributed by atoms with Gasteiger partial charge in [0.2, 0.25) is 0 Å². The van der Waals surface area contributed by atoms with Gasteiger partial charge in [-0.3, -0.25) is 0 Å². The zero-order valence-corrected chi connectivity index (χ0v) is 11.7. The highest BCUT2D eigenvalue weighted by atomic mass is 32.2. The number of rotatable bonds is 3. The van der Waals surface area contributed by atoms with Crippen molar-refractivity contribution in [2.45, 2.75) is 31.0 Å². The molecule has 1 aliphatic rings. The summed E-state index contributed by atoms with van der Waals surface area (Å²) in [5, 5.41) is 10.3. The lowest BCUT2D eigenvalue weighted by Gasteiger charge is -2.34. The summed E-state index contributed by atoms with van der Waals surface area (Å²) in [5.41, 5.74) is 5.79. The molecule has 1 fully saturated rings. The van der Waals surface area contributed by atoms with E-state index in [9.17, 15) is 5.11 Å². The molecule has 0 radical (unpaired) electrons. The van der Waals surface area contributed by atoms with E-state index in [2.05, 4.69) is 14.9 Å². The number of nitrogen functional groups attached to an aromatic ring is 1. The number of thioether (sulfide) groups is 1. The molecule has 0 aliphatic carbocycles. The maximum atomic E-state index is 9.59. The number of aliphatic hydroxyl groups is 1. The highest BCUT2D eigenvalue weighted by Crippen LogP contribution is 2.26. The van der Waals surface area contributed by atoms with Crippen molar-refractivity contribution in [2.24, 2.45) is 5.92 Å². The maximum absolute atomic E-state index is 9.59. The van der Waals surface area contributed by atoms with Gasteiger partial charge in [-0.05, 0) is 31.9 Å². The lowest BCUT2D eigenvalue weighted by molar-refractivity contribution is 0.109. The maximum Gasteiger partial charge on any atom is 0.191 e. The molecule has 2 heterocycles. The van der Waals surface area contributed by atoms with Crippen LogP contribution >= 0.6 is 11.8 Å². The molecule has 1 saturated heterocycles.